The van der Waals surface area contributed by atoms with Crippen molar-refractivity contribution in [3.63, 3.8) is 0 Å². The van der Waals surface area contributed by atoms with Gasteiger partial charge >= 0.3 is 0 Å². The van der Waals surface area contributed by atoms with Crippen LogP contribution in [0.15, 0.2) is 77.7 Å². The van der Waals surface area contributed by atoms with Crippen molar-refractivity contribution < 1.29 is 18.9 Å². The van der Waals surface area contributed by atoms with Crippen LogP contribution in [-0.2, 0) is 13.2 Å². The quantitative estimate of drug-likeness (QED) is 0.450. The van der Waals surface area contributed by atoms with E-state index >= 15 is 0 Å². The number of hydrogen-bond acceptors (Lipinski definition) is 5. The van der Waals surface area contributed by atoms with E-state index in [1.165, 1.54) is 6.07 Å². The number of benzene rings is 3. The molecule has 3 aromatic carbocycles. The summed E-state index contributed by atoms with van der Waals surface area (Å²) < 4.78 is 22.6. The van der Waals surface area contributed by atoms with E-state index in [1.54, 1.807) is 32.5 Å². The second kappa shape index (κ2) is 9.26. The predicted molar refractivity (Wildman–Crippen MR) is 119 cm³/mol. The van der Waals surface area contributed by atoms with Gasteiger partial charge in [-0.05, 0) is 47.5 Å². The van der Waals surface area contributed by atoms with Crippen molar-refractivity contribution in [2.45, 2.75) is 13.2 Å². The number of aromatic amines is 1. The Morgan fingerprint density at radius 2 is 1.29 bits per heavy atom. The number of nitrogens with one attached hydrogen (secondary N) is 1. The molecule has 0 amide bonds. The Kier molecular flexibility index (Phi) is 6.08. The van der Waals surface area contributed by atoms with Crippen molar-refractivity contribution in [3.8, 4) is 23.0 Å². The van der Waals surface area contributed by atoms with Crippen LogP contribution in [0.25, 0.3) is 10.9 Å². The lowest BCUT2D eigenvalue weighted by molar-refractivity contribution is 0.258. The first-order valence-electron chi connectivity index (χ1n) is 9.84. The lowest BCUT2D eigenvalue weighted by Crippen LogP contribution is -2.05. The summed E-state index contributed by atoms with van der Waals surface area (Å²) in [4.78, 5) is 15.4. The van der Waals surface area contributed by atoms with Gasteiger partial charge in [-0.2, -0.15) is 0 Å². The van der Waals surface area contributed by atoms with Gasteiger partial charge in [0.25, 0.3) is 0 Å². The van der Waals surface area contributed by atoms with E-state index in [2.05, 4.69) is 4.98 Å². The summed E-state index contributed by atoms with van der Waals surface area (Å²) in [7, 11) is 3.26. The number of fused-ring (bicyclic) bond motifs is 1. The summed E-state index contributed by atoms with van der Waals surface area (Å²) in [6.45, 7) is 0.671. The summed E-state index contributed by atoms with van der Waals surface area (Å²) in [5, 5.41) is 0.545. The predicted octanol–water partition coefficient (Wildman–Crippen LogP) is 4.70. The van der Waals surface area contributed by atoms with Gasteiger partial charge in [-0.25, -0.2) is 0 Å². The Labute approximate surface area is 180 Å². The van der Waals surface area contributed by atoms with Crippen LogP contribution in [0.4, 0.5) is 0 Å². The average molecular weight is 417 g/mol. The van der Waals surface area contributed by atoms with Gasteiger partial charge in [-0.3, -0.25) is 4.79 Å². The Balaban J connectivity index is 1.61. The Hall–Kier alpha value is -3.93. The van der Waals surface area contributed by atoms with Gasteiger partial charge in [0.05, 0.1) is 19.7 Å². The third-order valence-electron chi connectivity index (χ3n) is 4.95. The van der Waals surface area contributed by atoms with Crippen LogP contribution in [-0.4, -0.2) is 19.2 Å². The highest BCUT2D eigenvalue weighted by molar-refractivity contribution is 5.86. The molecule has 6 nitrogen and oxygen atoms in total. The molecule has 0 saturated heterocycles. The SMILES string of the molecule is COc1ccc(COc2ccc3c(=O)cc[nH]c3c2OCc2ccc(OC)cc2)cc1. The molecule has 4 aromatic rings. The van der Waals surface area contributed by atoms with Crippen molar-refractivity contribution in [2.24, 2.45) is 0 Å². The summed E-state index contributed by atoms with van der Waals surface area (Å²) in [5.74, 6) is 2.62. The molecule has 0 aliphatic carbocycles. The van der Waals surface area contributed by atoms with E-state index < -0.39 is 0 Å². The lowest BCUT2D eigenvalue weighted by Gasteiger charge is -2.15. The number of aromatic nitrogens is 1. The number of pyridine rings is 1. The molecule has 6 heteroatoms. The number of H-pyrrole nitrogens is 1. The van der Waals surface area contributed by atoms with E-state index in [0.717, 1.165) is 22.6 Å². The summed E-state index contributed by atoms with van der Waals surface area (Å²) in [5.41, 5.74) is 2.48. The Morgan fingerprint density at radius 3 is 1.87 bits per heavy atom. The maximum absolute atomic E-state index is 12.3. The number of rotatable bonds is 8. The molecular formula is C25H23NO5. The molecule has 0 aliphatic heterocycles. The molecule has 1 aromatic heterocycles. The fourth-order valence-electron chi connectivity index (χ4n) is 3.22. The van der Waals surface area contributed by atoms with Gasteiger partial charge in [-0.15, -0.1) is 0 Å². The number of hydrogen-bond donors (Lipinski definition) is 1. The van der Waals surface area contributed by atoms with E-state index in [4.69, 9.17) is 18.9 Å². The van der Waals surface area contributed by atoms with Crippen molar-refractivity contribution in [3.05, 3.63) is 94.3 Å². The summed E-state index contributed by atoms with van der Waals surface area (Å²) in [6.07, 6.45) is 1.61. The smallest absolute Gasteiger partial charge is 0.189 e. The first-order valence-corrected chi connectivity index (χ1v) is 9.84. The molecule has 1 N–H and O–H groups in total. The third kappa shape index (κ3) is 4.64. The minimum atomic E-state index is -0.0789. The van der Waals surface area contributed by atoms with Crippen LogP contribution in [0, 0.1) is 0 Å². The van der Waals surface area contributed by atoms with Crippen molar-refractivity contribution in [1.82, 2.24) is 4.98 Å². The van der Waals surface area contributed by atoms with E-state index in [-0.39, 0.29) is 5.43 Å². The van der Waals surface area contributed by atoms with E-state index in [0.29, 0.717) is 35.6 Å². The molecule has 0 unspecified atom stereocenters. The van der Waals surface area contributed by atoms with Crippen LogP contribution in [0.1, 0.15) is 11.1 Å². The van der Waals surface area contributed by atoms with Crippen molar-refractivity contribution in [1.29, 1.82) is 0 Å². The van der Waals surface area contributed by atoms with Gasteiger partial charge in [0.1, 0.15) is 24.7 Å². The van der Waals surface area contributed by atoms with E-state index in [1.807, 2.05) is 48.5 Å². The minimum absolute atomic E-state index is 0.0789. The highest BCUT2D eigenvalue weighted by Gasteiger charge is 2.14. The molecule has 31 heavy (non-hydrogen) atoms. The molecule has 0 spiro atoms. The van der Waals surface area contributed by atoms with Crippen LogP contribution in [0.2, 0.25) is 0 Å². The molecular weight excluding hydrogens is 394 g/mol. The van der Waals surface area contributed by atoms with Crippen molar-refractivity contribution in [2.75, 3.05) is 14.2 Å². The monoisotopic (exact) mass is 417 g/mol. The number of ether oxygens (including phenoxy) is 4. The second-order valence-electron chi connectivity index (χ2n) is 6.93. The molecule has 4 rings (SSSR count). The van der Waals surface area contributed by atoms with Crippen molar-refractivity contribution >= 4 is 10.9 Å². The molecule has 158 valence electrons. The highest BCUT2D eigenvalue weighted by atomic mass is 16.5. The summed E-state index contributed by atoms with van der Waals surface area (Å²) in [6, 6.07) is 20.3. The topological polar surface area (TPSA) is 69.8 Å². The average Bonchev–Trinajstić information content (AvgIpc) is 2.82. The lowest BCUT2D eigenvalue weighted by atomic mass is 10.1. The normalized spacial score (nSPS) is 10.6. The first-order chi connectivity index (χ1) is 15.2. The molecule has 0 radical (unpaired) electrons. The largest absolute Gasteiger partial charge is 0.497 e. The molecule has 1 heterocycles. The zero-order valence-corrected chi connectivity index (χ0v) is 17.4. The van der Waals surface area contributed by atoms with Crippen LogP contribution >= 0.6 is 0 Å². The Bertz CT molecular complexity index is 1210. The second-order valence-corrected chi connectivity index (χ2v) is 6.93. The maximum Gasteiger partial charge on any atom is 0.189 e. The van der Waals surface area contributed by atoms with Gasteiger partial charge in [0.15, 0.2) is 16.9 Å². The zero-order chi connectivity index (χ0) is 21.6. The maximum atomic E-state index is 12.3. The van der Waals surface area contributed by atoms with Gasteiger partial charge < -0.3 is 23.9 Å². The van der Waals surface area contributed by atoms with Gasteiger partial charge in [0, 0.05) is 17.6 Å². The standard InChI is InChI=1S/C25H23NO5/c1-28-19-7-3-17(4-8-19)15-30-23-12-11-21-22(27)13-14-26-24(21)25(23)31-16-18-5-9-20(29-2)10-6-18/h3-14H,15-16H2,1-2H3,(H,26,27). The Morgan fingerprint density at radius 1 is 0.710 bits per heavy atom. The molecule has 0 fully saturated rings. The van der Waals surface area contributed by atoms with Crippen LogP contribution < -0.4 is 24.4 Å². The third-order valence-corrected chi connectivity index (χ3v) is 4.95. The van der Waals surface area contributed by atoms with Crippen LogP contribution in [0.5, 0.6) is 23.0 Å². The molecule has 0 atom stereocenters. The minimum Gasteiger partial charge on any atom is -0.497 e. The van der Waals surface area contributed by atoms with Crippen LogP contribution in [0.3, 0.4) is 0 Å². The molecule has 0 saturated carbocycles. The van der Waals surface area contributed by atoms with Gasteiger partial charge in [0.2, 0.25) is 0 Å². The van der Waals surface area contributed by atoms with E-state index in [9.17, 15) is 4.79 Å². The molecule has 0 aliphatic rings. The highest BCUT2D eigenvalue weighted by Crippen LogP contribution is 2.34. The fraction of sp³-hybridized carbons (Fsp3) is 0.160. The summed E-state index contributed by atoms with van der Waals surface area (Å²) >= 11 is 0. The number of methoxy groups -OCH3 is 2. The first kappa shape index (κ1) is 20.3. The fourth-order valence-corrected chi connectivity index (χ4v) is 3.22. The molecule has 0 bridgehead atoms. The van der Waals surface area contributed by atoms with Gasteiger partial charge in [-0.1, -0.05) is 24.3 Å². The zero-order valence-electron chi connectivity index (χ0n) is 17.4.